The number of carbonyl (C=O) groups excluding carboxylic acids is 1. The highest BCUT2D eigenvalue weighted by Gasteiger charge is 2.18. The molecule has 0 aliphatic carbocycles. The molecule has 0 unspecified atom stereocenters. The molecule has 0 saturated carbocycles. The number of fused-ring (bicyclic) bond motifs is 3. The average Bonchev–Trinajstić information content (AvgIpc) is 3.17. The Kier molecular flexibility index (Phi) is 3.61. The fraction of sp³-hybridized carbons (Fsp3) is 0.100. The van der Waals surface area contributed by atoms with Crippen LogP contribution in [0, 0.1) is 0 Å². The molecule has 0 radical (unpaired) electrons. The lowest BCUT2D eigenvalue weighted by molar-refractivity contribution is -0.134. The van der Waals surface area contributed by atoms with Gasteiger partial charge in [-0.15, -0.1) is 0 Å². The lowest BCUT2D eigenvalue weighted by Crippen LogP contribution is -1.94. The van der Waals surface area contributed by atoms with E-state index in [0.717, 1.165) is 33.8 Å². The smallest absolute Gasteiger partial charge is 0.330 e. The van der Waals surface area contributed by atoms with Crippen LogP contribution < -0.4 is 0 Å². The Morgan fingerprint density at radius 3 is 2.44 bits per heavy atom. The summed E-state index contributed by atoms with van der Waals surface area (Å²) >= 11 is 0. The molecule has 0 atom stereocenters. The number of benzene rings is 2. The summed E-state index contributed by atoms with van der Waals surface area (Å²) in [4.78, 5) is 16.5. The molecular formula is C20H17N3O2. The Morgan fingerprint density at radius 1 is 1.04 bits per heavy atom. The standard InChI is InChI=1S/C20H17N3O2/c1-22-15-10-6-7-11-16(15)23-17(12-13-18(24)25-2)19(21-20(22)23)14-8-4-3-5-9-14/h3-13H,1-2H3. The molecule has 4 rings (SSSR count). The zero-order valence-corrected chi connectivity index (χ0v) is 14.0. The molecule has 0 aliphatic rings. The minimum absolute atomic E-state index is 0.394. The molecule has 2 aromatic carbocycles. The monoisotopic (exact) mass is 331 g/mol. The van der Waals surface area contributed by atoms with Gasteiger partial charge in [0.25, 0.3) is 0 Å². The molecule has 5 nitrogen and oxygen atoms in total. The maximum atomic E-state index is 11.6. The van der Waals surface area contributed by atoms with E-state index < -0.39 is 5.97 Å². The Hall–Kier alpha value is -3.34. The normalized spacial score (nSPS) is 11.6. The van der Waals surface area contributed by atoms with E-state index in [0.29, 0.717) is 0 Å². The van der Waals surface area contributed by atoms with Gasteiger partial charge in [0.05, 0.1) is 29.5 Å². The quantitative estimate of drug-likeness (QED) is 0.425. The van der Waals surface area contributed by atoms with Crippen LogP contribution >= 0.6 is 0 Å². The van der Waals surface area contributed by atoms with Gasteiger partial charge in [-0.3, -0.25) is 4.40 Å². The van der Waals surface area contributed by atoms with E-state index in [4.69, 9.17) is 9.72 Å². The first kappa shape index (κ1) is 15.2. The highest BCUT2D eigenvalue weighted by atomic mass is 16.5. The molecule has 0 N–H and O–H groups in total. The van der Waals surface area contributed by atoms with E-state index in [9.17, 15) is 4.79 Å². The van der Waals surface area contributed by atoms with E-state index >= 15 is 0 Å². The van der Waals surface area contributed by atoms with Gasteiger partial charge in [-0.05, 0) is 18.2 Å². The molecule has 0 bridgehead atoms. The van der Waals surface area contributed by atoms with Crippen LogP contribution in [0.3, 0.4) is 0 Å². The van der Waals surface area contributed by atoms with Crippen molar-refractivity contribution in [2.24, 2.45) is 7.05 Å². The Labute approximate surface area is 144 Å². The molecule has 124 valence electrons. The van der Waals surface area contributed by atoms with E-state index in [2.05, 4.69) is 15.0 Å². The third-order valence-corrected chi connectivity index (χ3v) is 4.31. The second-order valence-corrected chi connectivity index (χ2v) is 5.75. The molecule has 0 fully saturated rings. The number of nitrogens with zero attached hydrogens (tertiary/aromatic N) is 3. The van der Waals surface area contributed by atoms with Gasteiger partial charge in [0, 0.05) is 18.7 Å². The van der Waals surface area contributed by atoms with Crippen LogP contribution in [-0.2, 0) is 16.6 Å². The van der Waals surface area contributed by atoms with Crippen molar-refractivity contribution in [3.63, 3.8) is 0 Å². The largest absolute Gasteiger partial charge is 0.466 e. The highest BCUT2D eigenvalue weighted by Crippen LogP contribution is 2.30. The Bertz CT molecular complexity index is 1100. The van der Waals surface area contributed by atoms with Gasteiger partial charge in [0.15, 0.2) is 0 Å². The van der Waals surface area contributed by atoms with Crippen molar-refractivity contribution in [2.75, 3.05) is 7.11 Å². The van der Waals surface area contributed by atoms with Gasteiger partial charge in [0.2, 0.25) is 5.78 Å². The first-order chi connectivity index (χ1) is 12.2. The lowest BCUT2D eigenvalue weighted by Gasteiger charge is -2.01. The fourth-order valence-corrected chi connectivity index (χ4v) is 3.10. The Morgan fingerprint density at radius 2 is 1.72 bits per heavy atom. The number of methoxy groups -OCH3 is 1. The molecule has 0 aliphatic heterocycles. The molecule has 0 saturated heterocycles. The summed E-state index contributed by atoms with van der Waals surface area (Å²) in [5.74, 6) is 0.429. The number of para-hydroxylation sites is 2. The summed E-state index contributed by atoms with van der Waals surface area (Å²) in [6.07, 6.45) is 3.19. The van der Waals surface area contributed by atoms with Gasteiger partial charge in [-0.25, -0.2) is 9.78 Å². The number of rotatable bonds is 3. The maximum absolute atomic E-state index is 11.6. The van der Waals surface area contributed by atoms with Gasteiger partial charge < -0.3 is 9.30 Å². The first-order valence-corrected chi connectivity index (χ1v) is 7.98. The molecule has 2 aromatic heterocycles. The van der Waals surface area contributed by atoms with Crippen LogP contribution in [0.4, 0.5) is 0 Å². The summed E-state index contributed by atoms with van der Waals surface area (Å²) in [5.41, 5.74) is 4.80. The van der Waals surface area contributed by atoms with Crippen LogP contribution in [0.5, 0.6) is 0 Å². The van der Waals surface area contributed by atoms with Gasteiger partial charge in [-0.2, -0.15) is 0 Å². The minimum Gasteiger partial charge on any atom is -0.466 e. The molecule has 0 spiro atoms. The molecule has 0 amide bonds. The SMILES string of the molecule is COC(=O)C=Cc1c(-c2ccccc2)nc2n(C)c3ccccc3n12. The zero-order valence-electron chi connectivity index (χ0n) is 14.0. The van der Waals surface area contributed by atoms with Gasteiger partial charge in [-0.1, -0.05) is 42.5 Å². The number of esters is 1. The average molecular weight is 331 g/mol. The number of hydrogen-bond acceptors (Lipinski definition) is 3. The van der Waals surface area contributed by atoms with Crippen molar-refractivity contribution in [1.29, 1.82) is 0 Å². The number of aryl methyl sites for hydroxylation is 1. The summed E-state index contributed by atoms with van der Waals surface area (Å²) in [7, 11) is 3.36. The molecule has 5 heteroatoms. The highest BCUT2D eigenvalue weighted by molar-refractivity contribution is 5.91. The third kappa shape index (κ3) is 2.41. The second kappa shape index (κ2) is 5.94. The fourth-order valence-electron chi connectivity index (χ4n) is 3.10. The Balaban J connectivity index is 2.07. The predicted octanol–water partition coefficient (Wildman–Crippen LogP) is 3.68. The zero-order chi connectivity index (χ0) is 17.4. The van der Waals surface area contributed by atoms with E-state index in [1.54, 1.807) is 6.08 Å². The van der Waals surface area contributed by atoms with E-state index in [-0.39, 0.29) is 0 Å². The van der Waals surface area contributed by atoms with Crippen LogP contribution in [0.2, 0.25) is 0 Å². The van der Waals surface area contributed by atoms with Crippen molar-refractivity contribution in [3.8, 4) is 11.3 Å². The van der Waals surface area contributed by atoms with Crippen molar-refractivity contribution in [3.05, 3.63) is 66.4 Å². The molecular weight excluding hydrogens is 314 g/mol. The number of hydrogen-bond donors (Lipinski definition) is 0. The topological polar surface area (TPSA) is 48.5 Å². The third-order valence-electron chi connectivity index (χ3n) is 4.31. The lowest BCUT2D eigenvalue weighted by atomic mass is 10.1. The molecule has 2 heterocycles. The van der Waals surface area contributed by atoms with Crippen molar-refractivity contribution in [2.45, 2.75) is 0 Å². The summed E-state index contributed by atoms with van der Waals surface area (Å²) < 4.78 is 8.86. The van der Waals surface area contributed by atoms with Crippen molar-refractivity contribution < 1.29 is 9.53 Å². The van der Waals surface area contributed by atoms with Crippen LogP contribution in [0.25, 0.3) is 34.1 Å². The predicted molar refractivity (Wildman–Crippen MR) is 98.2 cm³/mol. The van der Waals surface area contributed by atoms with Crippen LogP contribution in [0.1, 0.15) is 5.69 Å². The first-order valence-electron chi connectivity index (χ1n) is 7.98. The number of ether oxygens (including phenoxy) is 1. The summed E-state index contributed by atoms with van der Waals surface area (Å²) in [5, 5.41) is 0. The molecule has 4 aromatic rings. The number of carbonyl (C=O) groups is 1. The number of aromatic nitrogens is 3. The summed E-state index contributed by atoms with van der Waals surface area (Å²) in [6, 6.07) is 18.1. The van der Waals surface area contributed by atoms with Crippen molar-refractivity contribution in [1.82, 2.24) is 14.0 Å². The van der Waals surface area contributed by atoms with E-state index in [1.807, 2.05) is 55.6 Å². The van der Waals surface area contributed by atoms with Crippen molar-refractivity contribution >= 4 is 28.9 Å². The van der Waals surface area contributed by atoms with Crippen LogP contribution in [-0.4, -0.2) is 27.0 Å². The van der Waals surface area contributed by atoms with Gasteiger partial charge in [0.1, 0.15) is 0 Å². The summed E-state index contributed by atoms with van der Waals surface area (Å²) in [6.45, 7) is 0. The molecule has 25 heavy (non-hydrogen) atoms. The van der Waals surface area contributed by atoms with Crippen LogP contribution in [0.15, 0.2) is 60.7 Å². The van der Waals surface area contributed by atoms with Gasteiger partial charge >= 0.3 is 5.97 Å². The maximum Gasteiger partial charge on any atom is 0.330 e. The second-order valence-electron chi connectivity index (χ2n) is 5.75. The van der Waals surface area contributed by atoms with E-state index in [1.165, 1.54) is 13.2 Å². The number of imidazole rings is 2. The minimum atomic E-state index is -0.394.